The summed E-state index contributed by atoms with van der Waals surface area (Å²) < 4.78 is 14.9. The van der Waals surface area contributed by atoms with Crippen LogP contribution in [0.1, 0.15) is 58.3 Å². The van der Waals surface area contributed by atoms with E-state index in [0.29, 0.717) is 6.61 Å². The molecule has 3 nitrogen and oxygen atoms in total. The average Bonchev–Trinajstić information content (AvgIpc) is 2.62. The molecule has 1 N–H and O–H groups in total. The van der Waals surface area contributed by atoms with E-state index >= 15 is 0 Å². The van der Waals surface area contributed by atoms with Crippen LogP contribution in [0.2, 0.25) is 0 Å². The average molecular weight is 377 g/mol. The summed E-state index contributed by atoms with van der Waals surface area (Å²) in [6, 6.07) is 0. The first-order chi connectivity index (χ1) is 12.8. The molecule has 1 unspecified atom stereocenters. The molecule has 4 heteroatoms. The molecule has 0 aliphatic rings. The minimum atomic E-state index is -2.45. The summed E-state index contributed by atoms with van der Waals surface area (Å²) >= 11 is 0. The predicted molar refractivity (Wildman–Crippen MR) is 113 cm³/mol. The van der Waals surface area contributed by atoms with Crippen LogP contribution in [-0.4, -0.2) is 11.5 Å². The number of hydrogen-bond acceptors (Lipinski definition) is 2. The quantitative estimate of drug-likeness (QED) is 0.177. The van der Waals surface area contributed by atoms with E-state index in [1.807, 2.05) is 0 Å². The number of allylic oxidation sites excluding steroid dienone is 12. The minimum absolute atomic E-state index is 0.331. The molecule has 0 radical (unpaired) electrons. The predicted octanol–water partition coefficient (Wildman–Crippen LogP) is 7.13. The molecule has 0 aliphatic heterocycles. The molecule has 0 rings (SSSR count). The molecule has 26 heavy (non-hydrogen) atoms. The molecule has 0 saturated carbocycles. The van der Waals surface area contributed by atoms with Gasteiger partial charge in [-0.05, 0) is 51.4 Å². The molecular weight excluding hydrogens is 343 g/mol. The third-order valence-corrected chi connectivity index (χ3v) is 3.72. The van der Waals surface area contributed by atoms with E-state index in [1.54, 1.807) is 0 Å². The lowest BCUT2D eigenvalue weighted by molar-refractivity contribution is 0.278. The van der Waals surface area contributed by atoms with E-state index in [2.05, 4.69) is 84.4 Å². The molecule has 0 aromatic rings. The highest BCUT2D eigenvalue weighted by atomic mass is 31.1. The first-order valence-corrected chi connectivity index (χ1v) is 10.6. The van der Waals surface area contributed by atoms with Crippen LogP contribution in [-0.2, 0) is 9.09 Å². The number of unbranched alkanes of at least 4 members (excludes halogenated alkanes) is 1. The van der Waals surface area contributed by atoms with Crippen LogP contribution in [0.25, 0.3) is 0 Å². The van der Waals surface area contributed by atoms with Crippen molar-refractivity contribution in [3.63, 3.8) is 0 Å². The van der Waals surface area contributed by atoms with Crippen molar-refractivity contribution in [2.24, 2.45) is 0 Å². The zero-order valence-electron chi connectivity index (χ0n) is 16.0. The molecule has 0 spiro atoms. The van der Waals surface area contributed by atoms with Crippen molar-refractivity contribution in [1.82, 2.24) is 0 Å². The maximum absolute atomic E-state index is 10.3. The molecule has 144 valence electrons. The largest absolute Gasteiger partial charge is 0.694 e. The van der Waals surface area contributed by atoms with Crippen molar-refractivity contribution >= 4 is 8.25 Å². The fourth-order valence-electron chi connectivity index (χ4n) is 1.98. The highest BCUT2D eigenvalue weighted by Crippen LogP contribution is 2.14. The highest BCUT2D eigenvalue weighted by molar-refractivity contribution is 7.32. The molecule has 0 heterocycles. The molecule has 0 bridgehead atoms. The second kappa shape index (κ2) is 21.5. The molecule has 0 fully saturated rings. The number of rotatable bonds is 16. The van der Waals surface area contributed by atoms with Gasteiger partial charge in [0.05, 0.1) is 0 Å². The first-order valence-electron chi connectivity index (χ1n) is 9.46. The van der Waals surface area contributed by atoms with Crippen LogP contribution in [0.4, 0.5) is 0 Å². The molecule has 1 atom stereocenters. The second-order valence-corrected chi connectivity index (χ2v) is 6.36. The molecule has 0 aliphatic carbocycles. The summed E-state index contributed by atoms with van der Waals surface area (Å²) in [7, 11) is -2.45. The van der Waals surface area contributed by atoms with E-state index < -0.39 is 8.25 Å². The van der Waals surface area contributed by atoms with Gasteiger partial charge in [0.1, 0.15) is 6.61 Å². The van der Waals surface area contributed by atoms with Gasteiger partial charge in [-0.3, -0.25) is 0 Å². The van der Waals surface area contributed by atoms with E-state index in [9.17, 15) is 4.57 Å². The van der Waals surface area contributed by atoms with Crippen molar-refractivity contribution in [1.29, 1.82) is 0 Å². The maximum atomic E-state index is 10.3. The molecule has 0 saturated heterocycles. The lowest BCUT2D eigenvalue weighted by atomic mass is 10.2. The van der Waals surface area contributed by atoms with Gasteiger partial charge in [0.25, 0.3) is 0 Å². The lowest BCUT2D eigenvalue weighted by Crippen LogP contribution is -1.84. The normalized spacial score (nSPS) is 13.7. The summed E-state index contributed by atoms with van der Waals surface area (Å²) in [5.74, 6) is 0. The Kier molecular flexibility index (Phi) is 20.2. The van der Waals surface area contributed by atoms with Gasteiger partial charge < -0.3 is 0 Å². The Bertz CT molecular complexity index is 500. The SMILES string of the molecule is CC/C=C\C/C=C\C/C=C\C/C=C\C/C=C\C/C=C\CCCO[P+](=O)O. The van der Waals surface area contributed by atoms with Crippen LogP contribution in [0.15, 0.2) is 72.9 Å². The fourth-order valence-corrected chi connectivity index (χ4v) is 2.27. The Hall–Kier alpha value is -1.54. The van der Waals surface area contributed by atoms with Crippen LogP contribution in [0.3, 0.4) is 0 Å². The molecule has 0 aromatic carbocycles. The van der Waals surface area contributed by atoms with E-state index in [0.717, 1.165) is 51.4 Å². The van der Waals surface area contributed by atoms with Crippen molar-refractivity contribution in [3.8, 4) is 0 Å². The zero-order chi connectivity index (χ0) is 19.1. The van der Waals surface area contributed by atoms with Crippen molar-refractivity contribution < 1.29 is 14.0 Å². The van der Waals surface area contributed by atoms with Gasteiger partial charge in [-0.15, -0.1) is 9.42 Å². The summed E-state index contributed by atoms with van der Waals surface area (Å²) in [5, 5.41) is 0. The molecule has 0 aromatic heterocycles. The first kappa shape index (κ1) is 24.5. The summed E-state index contributed by atoms with van der Waals surface area (Å²) in [6.45, 7) is 2.48. The monoisotopic (exact) mass is 377 g/mol. The minimum Gasteiger partial charge on any atom is -0.133 e. The highest BCUT2D eigenvalue weighted by Gasteiger charge is 2.09. The molecule has 0 amide bonds. The fraction of sp³-hybridized carbons (Fsp3) is 0.455. The summed E-state index contributed by atoms with van der Waals surface area (Å²) in [6.07, 6.45) is 33.7. The van der Waals surface area contributed by atoms with E-state index in [1.165, 1.54) is 0 Å². The van der Waals surface area contributed by atoms with Gasteiger partial charge >= 0.3 is 8.25 Å². The lowest BCUT2D eigenvalue weighted by Gasteiger charge is -1.88. The third-order valence-electron chi connectivity index (χ3n) is 3.31. The Labute approximate surface area is 160 Å². The van der Waals surface area contributed by atoms with Crippen LogP contribution in [0.5, 0.6) is 0 Å². The van der Waals surface area contributed by atoms with Gasteiger partial charge in [-0.25, -0.2) is 0 Å². The van der Waals surface area contributed by atoms with Gasteiger partial charge in [-0.2, -0.15) is 0 Å². The van der Waals surface area contributed by atoms with E-state index in [4.69, 9.17) is 4.89 Å². The van der Waals surface area contributed by atoms with Gasteiger partial charge in [0.15, 0.2) is 0 Å². The topological polar surface area (TPSA) is 46.5 Å². The maximum Gasteiger partial charge on any atom is 0.694 e. The second-order valence-electron chi connectivity index (χ2n) is 5.63. The zero-order valence-corrected chi connectivity index (χ0v) is 16.9. The van der Waals surface area contributed by atoms with E-state index in [-0.39, 0.29) is 0 Å². The standard InChI is InChI=1S/C22H33O3P/c1-2-3-4-5-6-7-8-9-10-11-12-13-14-15-16-17-18-19-20-21-22-25-26(23)24/h3-4,6-7,9-10,12-13,15-16,18-19H,2,5,8,11,14,17,20-22H2,1H3/p+1/b4-3-,7-6-,10-9-,13-12-,16-15-,19-18-. The molecular formula is C22H34O3P+. The summed E-state index contributed by atoms with van der Waals surface area (Å²) in [4.78, 5) is 8.46. The Morgan fingerprint density at radius 1 is 0.692 bits per heavy atom. The Morgan fingerprint density at radius 2 is 1.08 bits per heavy atom. The van der Waals surface area contributed by atoms with Gasteiger partial charge in [0, 0.05) is 4.57 Å². The van der Waals surface area contributed by atoms with Crippen molar-refractivity contribution in [3.05, 3.63) is 72.9 Å². The van der Waals surface area contributed by atoms with Crippen molar-refractivity contribution in [2.45, 2.75) is 58.3 Å². The Balaban J connectivity index is 3.48. The van der Waals surface area contributed by atoms with Crippen LogP contribution >= 0.6 is 8.25 Å². The van der Waals surface area contributed by atoms with Crippen LogP contribution < -0.4 is 0 Å². The number of hydrogen-bond donors (Lipinski definition) is 1. The van der Waals surface area contributed by atoms with Crippen molar-refractivity contribution in [2.75, 3.05) is 6.61 Å². The smallest absolute Gasteiger partial charge is 0.133 e. The van der Waals surface area contributed by atoms with Crippen LogP contribution in [0, 0.1) is 0 Å². The Morgan fingerprint density at radius 3 is 1.46 bits per heavy atom. The third kappa shape index (κ3) is 22.5. The van der Waals surface area contributed by atoms with Gasteiger partial charge in [-0.1, -0.05) is 79.8 Å². The van der Waals surface area contributed by atoms with Gasteiger partial charge in [0.2, 0.25) is 0 Å². The summed E-state index contributed by atoms with van der Waals surface area (Å²) in [5.41, 5.74) is 0.